The van der Waals surface area contributed by atoms with Crippen LogP contribution in [0.3, 0.4) is 0 Å². The van der Waals surface area contributed by atoms with Gasteiger partial charge in [0, 0.05) is 20.6 Å². The predicted octanol–water partition coefficient (Wildman–Crippen LogP) is 1.41. The van der Waals surface area contributed by atoms with E-state index in [1.807, 2.05) is 27.2 Å². The average Bonchev–Trinajstić information content (AvgIpc) is 2.30. The van der Waals surface area contributed by atoms with Gasteiger partial charge >= 0.3 is 6.41 Å². The van der Waals surface area contributed by atoms with Crippen LogP contribution in [0.2, 0.25) is 0 Å². The Morgan fingerprint density at radius 1 is 1.19 bits per heavy atom. The van der Waals surface area contributed by atoms with Crippen LogP contribution in [0.5, 0.6) is 0 Å². The van der Waals surface area contributed by atoms with Crippen LogP contribution in [-0.4, -0.2) is 48.3 Å². The Labute approximate surface area is 98.6 Å². The molecular formula is C12H23N2O2. The third kappa shape index (κ3) is 2.74. The van der Waals surface area contributed by atoms with E-state index in [-0.39, 0.29) is 5.91 Å². The van der Waals surface area contributed by atoms with Crippen molar-refractivity contribution in [3.05, 3.63) is 0 Å². The zero-order chi connectivity index (χ0) is 12.8. The fraction of sp³-hybridized carbons (Fsp3) is 0.833. The van der Waals surface area contributed by atoms with Crippen LogP contribution in [0.15, 0.2) is 0 Å². The van der Waals surface area contributed by atoms with Crippen molar-refractivity contribution >= 4 is 12.3 Å². The molecule has 0 bridgehead atoms. The van der Waals surface area contributed by atoms with Gasteiger partial charge in [-0.15, -0.1) is 0 Å². The number of hydrogen-bond acceptors (Lipinski definition) is 2. The van der Waals surface area contributed by atoms with Crippen LogP contribution < -0.4 is 0 Å². The van der Waals surface area contributed by atoms with E-state index in [2.05, 4.69) is 0 Å². The molecule has 4 nitrogen and oxygen atoms in total. The van der Waals surface area contributed by atoms with Crippen LogP contribution >= 0.6 is 0 Å². The number of carbonyl (C=O) groups excluding carboxylic acids is 2. The van der Waals surface area contributed by atoms with Gasteiger partial charge in [0.2, 0.25) is 5.91 Å². The number of hydrogen-bond donors (Lipinski definition) is 0. The number of nitrogens with zero attached hydrogens (tertiary/aromatic N) is 2. The second-order valence-electron chi connectivity index (χ2n) is 4.12. The molecule has 4 heteroatoms. The van der Waals surface area contributed by atoms with Crippen molar-refractivity contribution in [2.75, 3.05) is 20.6 Å². The molecule has 0 rings (SSSR count). The minimum atomic E-state index is -0.730. The van der Waals surface area contributed by atoms with E-state index in [4.69, 9.17) is 0 Å². The summed E-state index contributed by atoms with van der Waals surface area (Å²) in [4.78, 5) is 26.2. The third-order valence-electron chi connectivity index (χ3n) is 3.25. The zero-order valence-electron chi connectivity index (χ0n) is 11.0. The minimum absolute atomic E-state index is 0.00481. The standard InChI is InChI=1S/C12H23N2O2/c1-6-9-13(4)11(16)12(7-2,8-3)14(5)10-15/h6-9H2,1-5H3. The first-order valence-electron chi connectivity index (χ1n) is 5.87. The molecule has 1 radical (unpaired) electrons. The van der Waals surface area contributed by atoms with Gasteiger partial charge in [0.15, 0.2) is 0 Å². The van der Waals surface area contributed by atoms with Gasteiger partial charge in [-0.25, -0.2) is 0 Å². The van der Waals surface area contributed by atoms with E-state index in [0.717, 1.165) is 6.42 Å². The molecule has 0 aromatic carbocycles. The molecule has 0 spiro atoms. The van der Waals surface area contributed by atoms with Gasteiger partial charge in [0.1, 0.15) is 5.54 Å². The quantitative estimate of drug-likeness (QED) is 0.617. The van der Waals surface area contributed by atoms with Gasteiger partial charge < -0.3 is 9.80 Å². The second-order valence-corrected chi connectivity index (χ2v) is 4.12. The summed E-state index contributed by atoms with van der Waals surface area (Å²) < 4.78 is 0. The van der Waals surface area contributed by atoms with Gasteiger partial charge in [-0.3, -0.25) is 9.59 Å². The SMILES string of the molecule is CCCN(C)C(=O)C(CC)(CC)N(C)[C]=O. The zero-order valence-corrected chi connectivity index (χ0v) is 11.0. The van der Waals surface area contributed by atoms with Crippen molar-refractivity contribution in [3.63, 3.8) is 0 Å². The number of rotatable bonds is 7. The predicted molar refractivity (Wildman–Crippen MR) is 64.7 cm³/mol. The van der Waals surface area contributed by atoms with Crippen LogP contribution in [0.1, 0.15) is 40.0 Å². The topological polar surface area (TPSA) is 40.6 Å². The lowest BCUT2D eigenvalue weighted by molar-refractivity contribution is -0.141. The van der Waals surface area contributed by atoms with Gasteiger partial charge in [-0.2, -0.15) is 0 Å². The smallest absolute Gasteiger partial charge is 0.312 e. The van der Waals surface area contributed by atoms with Crippen molar-refractivity contribution < 1.29 is 9.59 Å². The maximum absolute atomic E-state index is 12.3. The molecule has 93 valence electrons. The molecular weight excluding hydrogens is 204 g/mol. The van der Waals surface area contributed by atoms with Crippen LogP contribution in [-0.2, 0) is 9.59 Å². The Kier molecular flexibility index (Phi) is 6.08. The van der Waals surface area contributed by atoms with Gasteiger partial charge in [0.25, 0.3) is 0 Å². The van der Waals surface area contributed by atoms with E-state index in [1.54, 1.807) is 19.0 Å². The Hall–Kier alpha value is -1.06. The molecule has 0 aliphatic rings. The van der Waals surface area contributed by atoms with E-state index in [1.165, 1.54) is 4.90 Å². The summed E-state index contributed by atoms with van der Waals surface area (Å²) >= 11 is 0. The maximum Gasteiger partial charge on any atom is 0.312 e. The monoisotopic (exact) mass is 227 g/mol. The summed E-state index contributed by atoms with van der Waals surface area (Å²) in [6, 6.07) is 0. The molecule has 0 aromatic heterocycles. The van der Waals surface area contributed by atoms with Gasteiger partial charge in [0.05, 0.1) is 0 Å². The van der Waals surface area contributed by atoms with Crippen molar-refractivity contribution in [1.29, 1.82) is 0 Å². The first kappa shape index (κ1) is 14.9. The highest BCUT2D eigenvalue weighted by Crippen LogP contribution is 2.24. The van der Waals surface area contributed by atoms with E-state index >= 15 is 0 Å². The highest BCUT2D eigenvalue weighted by Gasteiger charge is 2.40. The molecule has 0 aromatic rings. The number of likely N-dealkylation sites (N-methyl/N-ethyl adjacent to an activating group) is 2. The average molecular weight is 227 g/mol. The molecule has 0 fully saturated rings. The Morgan fingerprint density at radius 2 is 1.69 bits per heavy atom. The summed E-state index contributed by atoms with van der Waals surface area (Å²) in [5.74, 6) is 0.00481. The lowest BCUT2D eigenvalue weighted by atomic mass is 9.89. The first-order chi connectivity index (χ1) is 7.49. The molecule has 0 aliphatic carbocycles. The fourth-order valence-corrected chi connectivity index (χ4v) is 2.05. The van der Waals surface area contributed by atoms with Crippen molar-refractivity contribution in [2.24, 2.45) is 0 Å². The van der Waals surface area contributed by atoms with Crippen molar-refractivity contribution in [3.8, 4) is 0 Å². The highest BCUT2D eigenvalue weighted by atomic mass is 16.2. The number of amides is 2. The van der Waals surface area contributed by atoms with Crippen LogP contribution in [0.4, 0.5) is 0 Å². The van der Waals surface area contributed by atoms with Gasteiger partial charge in [-0.05, 0) is 19.3 Å². The molecule has 0 saturated carbocycles. The lowest BCUT2D eigenvalue weighted by Gasteiger charge is -2.39. The summed E-state index contributed by atoms with van der Waals surface area (Å²) in [5.41, 5.74) is -0.730. The van der Waals surface area contributed by atoms with Crippen molar-refractivity contribution in [2.45, 2.75) is 45.6 Å². The molecule has 0 aliphatic heterocycles. The fourth-order valence-electron chi connectivity index (χ4n) is 2.05. The maximum atomic E-state index is 12.3. The summed E-state index contributed by atoms with van der Waals surface area (Å²) in [5, 5.41) is 0. The first-order valence-corrected chi connectivity index (χ1v) is 5.87. The van der Waals surface area contributed by atoms with E-state index in [0.29, 0.717) is 19.4 Å². The second kappa shape index (κ2) is 6.51. The summed E-state index contributed by atoms with van der Waals surface area (Å²) in [6.07, 6.45) is 3.96. The normalized spacial score (nSPS) is 11.1. The summed E-state index contributed by atoms with van der Waals surface area (Å²) in [6.45, 7) is 6.59. The molecule has 2 amide bonds. The Balaban J connectivity index is 5.02. The van der Waals surface area contributed by atoms with E-state index < -0.39 is 5.54 Å². The van der Waals surface area contributed by atoms with Crippen molar-refractivity contribution in [1.82, 2.24) is 9.80 Å². The molecule has 0 atom stereocenters. The molecule has 0 N–H and O–H groups in total. The molecule has 0 unspecified atom stereocenters. The van der Waals surface area contributed by atoms with Crippen LogP contribution in [0, 0.1) is 0 Å². The minimum Gasteiger partial charge on any atom is -0.344 e. The third-order valence-corrected chi connectivity index (χ3v) is 3.25. The van der Waals surface area contributed by atoms with E-state index in [9.17, 15) is 9.59 Å². The largest absolute Gasteiger partial charge is 0.344 e. The summed E-state index contributed by atoms with van der Waals surface area (Å²) in [7, 11) is 3.40. The molecule has 0 saturated heterocycles. The molecule has 16 heavy (non-hydrogen) atoms. The Morgan fingerprint density at radius 3 is 2.00 bits per heavy atom. The van der Waals surface area contributed by atoms with Gasteiger partial charge in [-0.1, -0.05) is 20.8 Å². The molecule has 0 heterocycles. The van der Waals surface area contributed by atoms with Crippen LogP contribution in [0.25, 0.3) is 0 Å². The lowest BCUT2D eigenvalue weighted by Crippen LogP contribution is -2.56. The number of carbonyl (C=O) groups is 1. The highest BCUT2D eigenvalue weighted by molar-refractivity contribution is 5.88. The Bertz CT molecular complexity index is 237.